The van der Waals surface area contributed by atoms with E-state index in [1.165, 1.54) is 0 Å². The van der Waals surface area contributed by atoms with Crippen molar-refractivity contribution in [1.82, 2.24) is 4.90 Å². The highest BCUT2D eigenvalue weighted by Gasteiger charge is 2.43. The molecule has 164 valence electrons. The number of fused-ring (bicyclic) bond motifs is 1. The van der Waals surface area contributed by atoms with Crippen LogP contribution in [0.25, 0.3) is 0 Å². The molecule has 2 aliphatic heterocycles. The van der Waals surface area contributed by atoms with Gasteiger partial charge in [-0.15, -0.1) is 0 Å². The molecule has 0 bridgehead atoms. The average molecular weight is 418 g/mol. The lowest BCUT2D eigenvalue weighted by Crippen LogP contribution is -2.56. The fourth-order valence-electron chi connectivity index (χ4n) is 3.57. The molecule has 3 rings (SSSR count). The second-order valence-electron chi connectivity index (χ2n) is 8.61. The van der Waals surface area contributed by atoms with Crippen molar-refractivity contribution in [3.8, 4) is 0 Å². The van der Waals surface area contributed by atoms with Crippen molar-refractivity contribution in [2.75, 3.05) is 31.7 Å². The third kappa shape index (κ3) is 4.65. The maximum atomic E-state index is 13.3. The average Bonchev–Trinajstić information content (AvgIpc) is 2.95. The number of ether oxygens (including phenoxy) is 3. The molecule has 1 aromatic rings. The van der Waals surface area contributed by atoms with Gasteiger partial charge >= 0.3 is 5.97 Å². The predicted molar refractivity (Wildman–Crippen MR) is 110 cm³/mol. The van der Waals surface area contributed by atoms with Crippen molar-refractivity contribution < 1.29 is 28.6 Å². The lowest BCUT2D eigenvalue weighted by Gasteiger charge is -2.36. The minimum atomic E-state index is -1.15. The van der Waals surface area contributed by atoms with E-state index < -0.39 is 23.8 Å². The highest BCUT2D eigenvalue weighted by Crippen LogP contribution is 2.29. The summed E-state index contributed by atoms with van der Waals surface area (Å²) in [6.07, 6.45) is -1.57. The fraction of sp³-hybridized carbons (Fsp3) is 0.591. The molecular formula is C22H30N2O6. The molecular weight excluding hydrogens is 388 g/mol. The zero-order chi connectivity index (χ0) is 22.1. The normalized spacial score (nSPS) is 20.4. The van der Waals surface area contributed by atoms with Gasteiger partial charge in [0, 0.05) is 38.0 Å². The van der Waals surface area contributed by atoms with E-state index in [-0.39, 0.29) is 18.4 Å². The largest absolute Gasteiger partial charge is 0.458 e. The van der Waals surface area contributed by atoms with Gasteiger partial charge in [0.25, 0.3) is 11.8 Å². The topological polar surface area (TPSA) is 85.4 Å². The number of benzene rings is 1. The molecule has 0 aliphatic carbocycles. The van der Waals surface area contributed by atoms with Crippen LogP contribution in [0, 0.1) is 0 Å². The van der Waals surface area contributed by atoms with Gasteiger partial charge in [-0.05, 0) is 44.9 Å². The molecule has 0 aromatic heterocycles. The Kier molecular flexibility index (Phi) is 6.47. The molecule has 1 aromatic carbocycles. The summed E-state index contributed by atoms with van der Waals surface area (Å²) in [4.78, 5) is 41.5. The van der Waals surface area contributed by atoms with Crippen LogP contribution in [0.3, 0.4) is 0 Å². The van der Waals surface area contributed by atoms with Crippen molar-refractivity contribution >= 4 is 23.5 Å². The van der Waals surface area contributed by atoms with Crippen molar-refractivity contribution in [3.05, 3.63) is 29.3 Å². The van der Waals surface area contributed by atoms with E-state index >= 15 is 0 Å². The quantitative estimate of drug-likeness (QED) is 0.658. The Bertz CT molecular complexity index is 831. The Morgan fingerprint density at radius 1 is 1.30 bits per heavy atom. The zero-order valence-electron chi connectivity index (χ0n) is 18.3. The molecule has 2 unspecified atom stereocenters. The fourth-order valence-corrected chi connectivity index (χ4v) is 3.57. The SMILES string of the molecule is CCCOC(C(=O)OC(C)(C)C)C1OCCN(c2ccc3c(c2)C(=O)N(C)C3)C1=O. The molecule has 0 spiro atoms. The van der Waals surface area contributed by atoms with Crippen LogP contribution in [-0.2, 0) is 30.3 Å². The molecule has 8 nitrogen and oxygen atoms in total. The van der Waals surface area contributed by atoms with Crippen LogP contribution < -0.4 is 4.90 Å². The van der Waals surface area contributed by atoms with E-state index in [9.17, 15) is 14.4 Å². The molecule has 1 fully saturated rings. The second-order valence-corrected chi connectivity index (χ2v) is 8.61. The summed E-state index contributed by atoms with van der Waals surface area (Å²) in [5.74, 6) is -1.07. The summed E-state index contributed by atoms with van der Waals surface area (Å²) in [7, 11) is 1.74. The summed E-state index contributed by atoms with van der Waals surface area (Å²) in [5.41, 5.74) is 1.42. The Labute approximate surface area is 177 Å². The monoisotopic (exact) mass is 418 g/mol. The summed E-state index contributed by atoms with van der Waals surface area (Å²) in [6.45, 7) is 8.63. The van der Waals surface area contributed by atoms with Gasteiger partial charge in [-0.2, -0.15) is 0 Å². The van der Waals surface area contributed by atoms with Gasteiger partial charge in [0.2, 0.25) is 0 Å². The number of hydrogen-bond donors (Lipinski definition) is 0. The van der Waals surface area contributed by atoms with Gasteiger partial charge in [0.15, 0.2) is 12.2 Å². The molecule has 0 N–H and O–H groups in total. The smallest absolute Gasteiger partial charge is 0.339 e. The number of carbonyl (C=O) groups is 3. The number of rotatable bonds is 6. The molecule has 0 saturated carbocycles. The number of hydrogen-bond acceptors (Lipinski definition) is 6. The first-order valence-corrected chi connectivity index (χ1v) is 10.3. The minimum Gasteiger partial charge on any atom is -0.458 e. The molecule has 2 aliphatic rings. The van der Waals surface area contributed by atoms with E-state index in [0.717, 1.165) is 5.56 Å². The van der Waals surface area contributed by atoms with Gasteiger partial charge in [-0.1, -0.05) is 13.0 Å². The first kappa shape index (κ1) is 22.2. The summed E-state index contributed by atoms with van der Waals surface area (Å²) < 4.78 is 16.8. The van der Waals surface area contributed by atoms with Crippen molar-refractivity contribution in [2.24, 2.45) is 0 Å². The molecule has 8 heteroatoms. The molecule has 2 amide bonds. The highest BCUT2D eigenvalue weighted by molar-refractivity contribution is 6.03. The van der Waals surface area contributed by atoms with E-state index in [1.54, 1.807) is 43.7 Å². The standard InChI is InChI=1S/C22H30N2O6/c1-6-10-28-18(21(27)30-22(2,3)4)17-20(26)24(9-11-29-17)15-8-7-14-13-23(5)19(25)16(14)12-15/h7-8,12,17-18H,6,9-11,13H2,1-5H3. The highest BCUT2D eigenvalue weighted by atomic mass is 16.6. The van der Waals surface area contributed by atoms with Crippen LogP contribution in [-0.4, -0.2) is 67.3 Å². The lowest BCUT2D eigenvalue weighted by atomic mass is 10.1. The molecule has 0 radical (unpaired) electrons. The van der Waals surface area contributed by atoms with Crippen molar-refractivity contribution in [2.45, 2.75) is 58.5 Å². The van der Waals surface area contributed by atoms with E-state index in [0.29, 0.717) is 37.4 Å². The first-order valence-electron chi connectivity index (χ1n) is 10.3. The minimum absolute atomic E-state index is 0.0676. The summed E-state index contributed by atoms with van der Waals surface area (Å²) in [5, 5.41) is 0. The lowest BCUT2D eigenvalue weighted by molar-refractivity contribution is -0.183. The number of amides is 2. The number of morpholine rings is 1. The van der Waals surface area contributed by atoms with Crippen molar-refractivity contribution in [1.29, 1.82) is 0 Å². The number of carbonyl (C=O) groups excluding carboxylic acids is 3. The van der Waals surface area contributed by atoms with E-state index in [2.05, 4.69) is 0 Å². The Hall–Kier alpha value is -2.45. The van der Waals surface area contributed by atoms with E-state index in [1.807, 2.05) is 19.1 Å². The van der Waals surface area contributed by atoms with Gasteiger partial charge in [0.05, 0.1) is 6.61 Å². The van der Waals surface area contributed by atoms with Crippen LogP contribution in [0.5, 0.6) is 0 Å². The second kappa shape index (κ2) is 8.73. The van der Waals surface area contributed by atoms with Crippen LogP contribution >= 0.6 is 0 Å². The summed E-state index contributed by atoms with van der Waals surface area (Å²) in [6, 6.07) is 5.42. The van der Waals surface area contributed by atoms with Gasteiger partial charge in [0.1, 0.15) is 5.60 Å². The third-order valence-electron chi connectivity index (χ3n) is 4.93. The molecule has 2 atom stereocenters. The molecule has 1 saturated heterocycles. The van der Waals surface area contributed by atoms with Crippen LogP contribution in [0.2, 0.25) is 0 Å². The summed E-state index contributed by atoms with van der Waals surface area (Å²) >= 11 is 0. The van der Waals surface area contributed by atoms with Crippen molar-refractivity contribution in [3.63, 3.8) is 0 Å². The maximum Gasteiger partial charge on any atom is 0.339 e. The van der Waals surface area contributed by atoms with Crippen LogP contribution in [0.1, 0.15) is 50.0 Å². The number of anilines is 1. The third-order valence-corrected chi connectivity index (χ3v) is 4.93. The van der Waals surface area contributed by atoms with E-state index in [4.69, 9.17) is 14.2 Å². The Morgan fingerprint density at radius 3 is 2.70 bits per heavy atom. The number of nitrogens with zero attached hydrogens (tertiary/aromatic N) is 2. The van der Waals surface area contributed by atoms with Gasteiger partial charge in [-0.25, -0.2) is 4.79 Å². The van der Waals surface area contributed by atoms with Crippen LogP contribution in [0.4, 0.5) is 5.69 Å². The van der Waals surface area contributed by atoms with Gasteiger partial charge < -0.3 is 24.0 Å². The molecule has 30 heavy (non-hydrogen) atoms. The predicted octanol–water partition coefficient (Wildman–Crippen LogP) is 2.14. The van der Waals surface area contributed by atoms with Gasteiger partial charge in [-0.3, -0.25) is 9.59 Å². The number of esters is 1. The molecule has 2 heterocycles. The van der Waals surface area contributed by atoms with Crippen LogP contribution in [0.15, 0.2) is 18.2 Å². The Morgan fingerprint density at radius 2 is 2.03 bits per heavy atom. The first-order chi connectivity index (χ1) is 14.1. The zero-order valence-corrected chi connectivity index (χ0v) is 18.3. The maximum absolute atomic E-state index is 13.3. The Balaban J connectivity index is 1.84.